The SMILES string of the molecule is CCCC(=O)N1CCN(c2cccc(CNc3nc(Nc4cccc(C(F)(F)F)c4)nc(OCC(F)(F)F)n3)c2)CC1. The first-order chi connectivity index (χ1) is 19.9. The Morgan fingerprint density at radius 3 is 2.33 bits per heavy atom. The molecule has 15 heteroatoms. The Kier molecular flexibility index (Phi) is 9.58. The van der Waals surface area contributed by atoms with Gasteiger partial charge in [0.2, 0.25) is 17.8 Å². The van der Waals surface area contributed by atoms with Crippen LogP contribution in [-0.2, 0) is 17.5 Å². The summed E-state index contributed by atoms with van der Waals surface area (Å²) in [6.07, 6.45) is -7.93. The van der Waals surface area contributed by atoms with Gasteiger partial charge in [-0.2, -0.15) is 41.3 Å². The lowest BCUT2D eigenvalue weighted by molar-refractivity contribution is -0.154. The molecule has 1 fully saturated rings. The second-order valence-corrected chi connectivity index (χ2v) is 9.51. The lowest BCUT2D eigenvalue weighted by Gasteiger charge is -2.36. The van der Waals surface area contributed by atoms with Gasteiger partial charge >= 0.3 is 18.4 Å². The van der Waals surface area contributed by atoms with Crippen LogP contribution in [0.15, 0.2) is 48.5 Å². The van der Waals surface area contributed by atoms with Gasteiger partial charge in [0.15, 0.2) is 6.61 Å². The summed E-state index contributed by atoms with van der Waals surface area (Å²) in [6.45, 7) is 3.06. The number of aromatic nitrogens is 3. The van der Waals surface area contributed by atoms with E-state index in [1.54, 1.807) is 0 Å². The van der Waals surface area contributed by atoms with Gasteiger partial charge in [0.25, 0.3) is 0 Å². The van der Waals surface area contributed by atoms with Crippen molar-refractivity contribution in [1.29, 1.82) is 0 Å². The smallest absolute Gasteiger partial charge is 0.422 e. The van der Waals surface area contributed by atoms with Gasteiger partial charge in [0.1, 0.15) is 0 Å². The fraction of sp³-hybridized carbons (Fsp3) is 0.407. The summed E-state index contributed by atoms with van der Waals surface area (Å²) < 4.78 is 82.2. The minimum absolute atomic E-state index is 0.0343. The summed E-state index contributed by atoms with van der Waals surface area (Å²) in [5.41, 5.74) is 0.784. The number of nitrogens with zero attached hydrogens (tertiary/aromatic N) is 5. The molecule has 4 rings (SSSR count). The van der Waals surface area contributed by atoms with Crippen LogP contribution in [0.2, 0.25) is 0 Å². The first kappa shape index (κ1) is 30.7. The van der Waals surface area contributed by atoms with Crippen molar-refractivity contribution in [2.24, 2.45) is 0 Å². The van der Waals surface area contributed by atoms with Gasteiger partial charge in [-0.25, -0.2) is 0 Å². The number of carbonyl (C=O) groups is 1. The average Bonchev–Trinajstić information content (AvgIpc) is 2.95. The predicted octanol–water partition coefficient (Wildman–Crippen LogP) is 5.64. The van der Waals surface area contributed by atoms with Crippen LogP contribution in [0.25, 0.3) is 0 Å². The van der Waals surface area contributed by atoms with Crippen molar-refractivity contribution in [3.8, 4) is 6.01 Å². The van der Waals surface area contributed by atoms with E-state index in [0.717, 1.165) is 29.8 Å². The molecule has 0 aliphatic carbocycles. The fourth-order valence-electron chi connectivity index (χ4n) is 4.24. The monoisotopic (exact) mass is 597 g/mol. The van der Waals surface area contributed by atoms with E-state index in [4.69, 9.17) is 0 Å². The number of carbonyl (C=O) groups excluding carboxylic acids is 1. The van der Waals surface area contributed by atoms with Gasteiger partial charge in [-0.05, 0) is 42.3 Å². The molecular formula is C27H29F6N7O2. The van der Waals surface area contributed by atoms with Gasteiger partial charge in [-0.3, -0.25) is 4.79 Å². The Hall–Kier alpha value is -4.30. The zero-order valence-electron chi connectivity index (χ0n) is 22.6. The minimum Gasteiger partial charge on any atom is -0.454 e. The number of alkyl halides is 6. The standard InChI is InChI=1S/C27H29F6N7O2/c1-2-5-22(41)40-12-10-39(11-13-40)21-9-3-6-18(14-21)16-34-23-36-24(38-25(37-23)42-17-26(28,29)30)35-20-8-4-7-19(15-20)27(31,32)33/h3-4,6-9,14-15H,2,5,10-13,16-17H2,1H3,(H2,34,35,36,37,38). The molecule has 42 heavy (non-hydrogen) atoms. The lowest BCUT2D eigenvalue weighted by atomic mass is 10.1. The Bertz CT molecular complexity index is 1360. The maximum atomic E-state index is 13.1. The van der Waals surface area contributed by atoms with Crippen LogP contribution in [0.5, 0.6) is 6.01 Å². The molecule has 226 valence electrons. The molecule has 0 radical (unpaired) electrons. The minimum atomic E-state index is -4.66. The van der Waals surface area contributed by atoms with Gasteiger partial charge in [-0.1, -0.05) is 25.1 Å². The van der Waals surface area contributed by atoms with E-state index in [1.165, 1.54) is 12.1 Å². The number of amides is 1. The highest BCUT2D eigenvalue weighted by atomic mass is 19.4. The van der Waals surface area contributed by atoms with E-state index in [0.29, 0.717) is 32.6 Å². The van der Waals surface area contributed by atoms with E-state index in [1.807, 2.05) is 36.1 Å². The molecule has 2 aromatic carbocycles. The number of hydrogen-bond acceptors (Lipinski definition) is 8. The summed E-state index contributed by atoms with van der Waals surface area (Å²) in [7, 11) is 0. The molecule has 0 spiro atoms. The van der Waals surface area contributed by atoms with Crippen LogP contribution in [0, 0.1) is 0 Å². The second-order valence-electron chi connectivity index (χ2n) is 9.51. The molecule has 1 aromatic heterocycles. The molecule has 9 nitrogen and oxygen atoms in total. The van der Waals surface area contributed by atoms with Crippen LogP contribution in [0.3, 0.4) is 0 Å². The van der Waals surface area contributed by atoms with Gasteiger partial charge in [0.05, 0.1) is 5.56 Å². The molecule has 1 saturated heterocycles. The Morgan fingerprint density at radius 1 is 0.929 bits per heavy atom. The van der Waals surface area contributed by atoms with Crippen LogP contribution in [0.4, 0.5) is 49.6 Å². The van der Waals surface area contributed by atoms with Gasteiger partial charge in [-0.15, -0.1) is 0 Å². The van der Waals surface area contributed by atoms with Crippen molar-refractivity contribution in [1.82, 2.24) is 19.9 Å². The molecule has 2 heterocycles. The zero-order chi connectivity index (χ0) is 30.3. The third-order valence-electron chi connectivity index (χ3n) is 6.25. The summed E-state index contributed by atoms with van der Waals surface area (Å²) in [5, 5.41) is 5.48. The quantitative estimate of drug-likeness (QED) is 0.290. The van der Waals surface area contributed by atoms with Gasteiger partial charge < -0.3 is 25.2 Å². The normalized spacial score (nSPS) is 14.1. The third kappa shape index (κ3) is 8.85. The number of nitrogens with one attached hydrogen (secondary N) is 2. The maximum absolute atomic E-state index is 13.1. The summed E-state index contributed by atoms with van der Waals surface area (Å²) in [5.74, 6) is -0.314. The van der Waals surface area contributed by atoms with Crippen LogP contribution in [-0.4, -0.2) is 64.7 Å². The van der Waals surface area contributed by atoms with Gasteiger partial charge in [0, 0.05) is 50.5 Å². The second kappa shape index (κ2) is 13.1. The van der Waals surface area contributed by atoms with E-state index in [2.05, 4.69) is 35.2 Å². The largest absolute Gasteiger partial charge is 0.454 e. The molecule has 0 saturated carbocycles. The molecule has 1 amide bonds. The summed E-state index contributed by atoms with van der Waals surface area (Å²) >= 11 is 0. The van der Waals surface area contributed by atoms with Crippen molar-refractivity contribution in [3.63, 3.8) is 0 Å². The molecule has 0 atom stereocenters. The third-order valence-corrected chi connectivity index (χ3v) is 6.25. The number of ether oxygens (including phenoxy) is 1. The number of piperazine rings is 1. The number of anilines is 4. The molecule has 0 unspecified atom stereocenters. The van der Waals surface area contributed by atoms with Crippen molar-refractivity contribution in [2.45, 2.75) is 38.7 Å². The predicted molar refractivity (Wildman–Crippen MR) is 144 cm³/mol. The molecule has 1 aliphatic heterocycles. The fourth-order valence-corrected chi connectivity index (χ4v) is 4.24. The van der Waals surface area contributed by atoms with E-state index in [9.17, 15) is 31.1 Å². The molecular weight excluding hydrogens is 568 g/mol. The number of benzene rings is 2. The van der Waals surface area contributed by atoms with Crippen LogP contribution < -0.4 is 20.3 Å². The van der Waals surface area contributed by atoms with Crippen molar-refractivity contribution < 1.29 is 35.9 Å². The first-order valence-corrected chi connectivity index (χ1v) is 13.1. The van der Waals surface area contributed by atoms with E-state index >= 15 is 0 Å². The summed E-state index contributed by atoms with van der Waals surface area (Å²) in [6, 6.07) is 11.1. The maximum Gasteiger partial charge on any atom is 0.422 e. The summed E-state index contributed by atoms with van der Waals surface area (Å²) in [4.78, 5) is 27.9. The van der Waals surface area contributed by atoms with E-state index in [-0.39, 0.29) is 30.0 Å². The molecule has 1 aliphatic rings. The van der Waals surface area contributed by atoms with Crippen LogP contribution in [0.1, 0.15) is 30.9 Å². The Balaban J connectivity index is 1.47. The highest BCUT2D eigenvalue weighted by Gasteiger charge is 2.31. The molecule has 3 aromatic rings. The highest BCUT2D eigenvalue weighted by Crippen LogP contribution is 2.31. The number of rotatable bonds is 10. The van der Waals surface area contributed by atoms with Crippen molar-refractivity contribution >= 4 is 29.2 Å². The molecule has 2 N–H and O–H groups in total. The average molecular weight is 598 g/mol. The highest BCUT2D eigenvalue weighted by molar-refractivity contribution is 5.76. The van der Waals surface area contributed by atoms with Crippen LogP contribution >= 0.6 is 0 Å². The number of hydrogen-bond donors (Lipinski definition) is 2. The topological polar surface area (TPSA) is 95.5 Å². The zero-order valence-corrected chi connectivity index (χ0v) is 22.6. The number of halogens is 6. The van der Waals surface area contributed by atoms with Crippen molar-refractivity contribution in [2.75, 3.05) is 48.3 Å². The first-order valence-electron chi connectivity index (χ1n) is 13.1. The Labute approximate surface area is 237 Å². The molecule has 0 bridgehead atoms. The Morgan fingerprint density at radius 2 is 1.64 bits per heavy atom. The lowest BCUT2D eigenvalue weighted by Crippen LogP contribution is -2.48. The van der Waals surface area contributed by atoms with E-state index < -0.39 is 30.5 Å². The van der Waals surface area contributed by atoms with Crippen molar-refractivity contribution in [3.05, 3.63) is 59.7 Å².